The van der Waals surface area contributed by atoms with Gasteiger partial charge in [0.25, 0.3) is 0 Å². The molecule has 2 N–H and O–H groups in total. The van der Waals surface area contributed by atoms with Crippen molar-refractivity contribution in [2.75, 3.05) is 13.2 Å². The van der Waals surface area contributed by atoms with Gasteiger partial charge in [-0.25, -0.2) is 0 Å². The fourth-order valence-electron chi connectivity index (χ4n) is 2.56. The number of rotatable bonds is 9. The second-order valence-electron chi connectivity index (χ2n) is 5.93. The van der Waals surface area contributed by atoms with E-state index in [1.807, 2.05) is 18.2 Å². The molecule has 0 spiro atoms. The molecule has 0 amide bonds. The van der Waals surface area contributed by atoms with Crippen LogP contribution < -0.4 is 10.1 Å². The number of nitrogens with one attached hydrogen (secondary N) is 1. The fourth-order valence-corrected chi connectivity index (χ4v) is 2.56. The van der Waals surface area contributed by atoms with Crippen LogP contribution in [0.3, 0.4) is 0 Å². The van der Waals surface area contributed by atoms with E-state index in [1.165, 1.54) is 18.4 Å². The first-order valence-electron chi connectivity index (χ1n) is 7.76. The van der Waals surface area contributed by atoms with Crippen molar-refractivity contribution in [1.82, 2.24) is 5.32 Å². The van der Waals surface area contributed by atoms with Crippen LogP contribution in [0.1, 0.15) is 44.6 Å². The SMILES string of the molecule is CCC(CO)(CCCOc1ccccc1C)NC1CC1. The normalized spacial score (nSPS) is 17.8. The molecule has 0 radical (unpaired) electrons. The minimum Gasteiger partial charge on any atom is -0.493 e. The summed E-state index contributed by atoms with van der Waals surface area (Å²) < 4.78 is 5.83. The molecule has 1 aromatic carbocycles. The minimum atomic E-state index is -0.115. The lowest BCUT2D eigenvalue weighted by molar-refractivity contribution is 0.135. The highest BCUT2D eigenvalue weighted by atomic mass is 16.5. The van der Waals surface area contributed by atoms with E-state index in [0.29, 0.717) is 12.6 Å². The molecule has 0 heterocycles. The van der Waals surface area contributed by atoms with Gasteiger partial charge in [-0.2, -0.15) is 0 Å². The summed E-state index contributed by atoms with van der Waals surface area (Å²) in [5.74, 6) is 0.966. The van der Waals surface area contributed by atoms with E-state index < -0.39 is 0 Å². The first-order chi connectivity index (χ1) is 9.69. The van der Waals surface area contributed by atoms with Crippen molar-refractivity contribution in [2.45, 2.75) is 57.5 Å². The predicted octanol–water partition coefficient (Wildman–Crippen LogP) is 3.05. The predicted molar refractivity (Wildman–Crippen MR) is 82.2 cm³/mol. The summed E-state index contributed by atoms with van der Waals surface area (Å²) in [6, 6.07) is 8.72. The Labute approximate surface area is 122 Å². The van der Waals surface area contributed by atoms with Gasteiger partial charge in [-0.15, -0.1) is 0 Å². The Bertz CT molecular complexity index is 411. The van der Waals surface area contributed by atoms with E-state index in [9.17, 15) is 5.11 Å². The summed E-state index contributed by atoms with van der Waals surface area (Å²) in [6.07, 6.45) is 5.39. The molecule has 1 unspecified atom stereocenters. The van der Waals surface area contributed by atoms with E-state index >= 15 is 0 Å². The van der Waals surface area contributed by atoms with Gasteiger partial charge < -0.3 is 15.2 Å². The van der Waals surface area contributed by atoms with Crippen LogP contribution in [0.5, 0.6) is 5.75 Å². The Morgan fingerprint density at radius 1 is 1.35 bits per heavy atom. The maximum Gasteiger partial charge on any atom is 0.122 e. The van der Waals surface area contributed by atoms with E-state index in [2.05, 4.69) is 25.2 Å². The van der Waals surface area contributed by atoms with Gasteiger partial charge in [0.05, 0.1) is 13.2 Å². The lowest BCUT2D eigenvalue weighted by Gasteiger charge is -2.32. The molecule has 0 aliphatic heterocycles. The molecule has 1 atom stereocenters. The zero-order valence-electron chi connectivity index (χ0n) is 12.7. The van der Waals surface area contributed by atoms with Crippen molar-refractivity contribution < 1.29 is 9.84 Å². The number of benzene rings is 1. The number of aliphatic hydroxyl groups is 1. The van der Waals surface area contributed by atoms with Gasteiger partial charge in [0, 0.05) is 11.6 Å². The molecule has 1 saturated carbocycles. The molecule has 3 nitrogen and oxygen atoms in total. The Morgan fingerprint density at radius 2 is 2.10 bits per heavy atom. The standard InChI is InChI=1S/C17H27NO2/c1-3-17(13-19,18-15-9-10-15)11-6-12-20-16-8-5-4-7-14(16)2/h4-5,7-8,15,18-19H,3,6,9-13H2,1-2H3. The molecular formula is C17H27NO2. The average Bonchev–Trinajstić information content (AvgIpc) is 3.28. The quantitative estimate of drug-likeness (QED) is 0.682. The Hall–Kier alpha value is -1.06. The highest BCUT2D eigenvalue weighted by Crippen LogP contribution is 2.27. The van der Waals surface area contributed by atoms with Crippen LogP contribution in [0.15, 0.2) is 24.3 Å². The highest BCUT2D eigenvalue weighted by Gasteiger charge is 2.33. The van der Waals surface area contributed by atoms with E-state index in [4.69, 9.17) is 4.74 Å². The van der Waals surface area contributed by atoms with E-state index in [-0.39, 0.29) is 12.1 Å². The number of aliphatic hydroxyl groups excluding tert-OH is 1. The van der Waals surface area contributed by atoms with E-state index in [0.717, 1.165) is 25.0 Å². The van der Waals surface area contributed by atoms with E-state index in [1.54, 1.807) is 0 Å². The third-order valence-corrected chi connectivity index (χ3v) is 4.22. The third kappa shape index (κ3) is 4.22. The molecule has 0 saturated heterocycles. The van der Waals surface area contributed by atoms with Crippen LogP contribution in [0.2, 0.25) is 0 Å². The van der Waals surface area contributed by atoms with Crippen molar-refractivity contribution in [3.05, 3.63) is 29.8 Å². The Kier molecular flexibility index (Phi) is 5.44. The maximum absolute atomic E-state index is 9.71. The van der Waals surface area contributed by atoms with Crippen molar-refractivity contribution in [3.8, 4) is 5.75 Å². The first kappa shape index (κ1) is 15.3. The summed E-state index contributed by atoms with van der Waals surface area (Å²) in [6.45, 7) is 5.13. The molecule has 112 valence electrons. The number of para-hydroxylation sites is 1. The van der Waals surface area contributed by atoms with Crippen LogP contribution in [0, 0.1) is 6.92 Å². The van der Waals surface area contributed by atoms with Gasteiger partial charge in [-0.05, 0) is 50.7 Å². The van der Waals surface area contributed by atoms with Gasteiger partial charge in [0.15, 0.2) is 0 Å². The van der Waals surface area contributed by atoms with Crippen LogP contribution in [-0.4, -0.2) is 29.9 Å². The highest BCUT2D eigenvalue weighted by molar-refractivity contribution is 5.31. The molecule has 20 heavy (non-hydrogen) atoms. The number of hydrogen-bond acceptors (Lipinski definition) is 3. The molecule has 0 bridgehead atoms. The van der Waals surface area contributed by atoms with Crippen molar-refractivity contribution in [1.29, 1.82) is 0 Å². The lowest BCUT2D eigenvalue weighted by atomic mass is 9.91. The van der Waals surface area contributed by atoms with Crippen LogP contribution in [-0.2, 0) is 0 Å². The maximum atomic E-state index is 9.71. The number of ether oxygens (including phenoxy) is 1. The fraction of sp³-hybridized carbons (Fsp3) is 0.647. The zero-order valence-corrected chi connectivity index (χ0v) is 12.7. The smallest absolute Gasteiger partial charge is 0.122 e. The number of aryl methyl sites for hydroxylation is 1. The second-order valence-corrected chi connectivity index (χ2v) is 5.93. The van der Waals surface area contributed by atoms with Gasteiger partial charge in [0.2, 0.25) is 0 Å². The molecule has 1 aliphatic carbocycles. The molecule has 0 aromatic heterocycles. The summed E-state index contributed by atoms with van der Waals surface area (Å²) in [7, 11) is 0. The van der Waals surface area contributed by atoms with Gasteiger partial charge >= 0.3 is 0 Å². The van der Waals surface area contributed by atoms with Crippen LogP contribution in [0.25, 0.3) is 0 Å². The summed E-state index contributed by atoms with van der Waals surface area (Å²) in [5.41, 5.74) is 1.06. The summed E-state index contributed by atoms with van der Waals surface area (Å²) in [5, 5.41) is 13.3. The van der Waals surface area contributed by atoms with Gasteiger partial charge in [-0.3, -0.25) is 0 Å². The van der Waals surface area contributed by atoms with Gasteiger partial charge in [0.1, 0.15) is 5.75 Å². The number of hydrogen-bond donors (Lipinski definition) is 2. The van der Waals surface area contributed by atoms with Crippen LogP contribution >= 0.6 is 0 Å². The molecule has 1 aromatic rings. The van der Waals surface area contributed by atoms with Gasteiger partial charge in [-0.1, -0.05) is 25.1 Å². The molecule has 1 fully saturated rings. The Balaban J connectivity index is 1.77. The summed E-state index contributed by atoms with van der Waals surface area (Å²) in [4.78, 5) is 0. The minimum absolute atomic E-state index is 0.115. The monoisotopic (exact) mass is 277 g/mol. The van der Waals surface area contributed by atoms with Crippen LogP contribution in [0.4, 0.5) is 0 Å². The molecule has 2 rings (SSSR count). The molecular weight excluding hydrogens is 250 g/mol. The average molecular weight is 277 g/mol. The molecule has 1 aliphatic rings. The largest absolute Gasteiger partial charge is 0.493 e. The van der Waals surface area contributed by atoms with Crippen molar-refractivity contribution in [2.24, 2.45) is 0 Å². The Morgan fingerprint density at radius 3 is 2.70 bits per heavy atom. The lowest BCUT2D eigenvalue weighted by Crippen LogP contribution is -2.49. The topological polar surface area (TPSA) is 41.5 Å². The summed E-state index contributed by atoms with van der Waals surface area (Å²) >= 11 is 0. The molecule has 3 heteroatoms. The second kappa shape index (κ2) is 7.09. The van der Waals surface area contributed by atoms with Crippen molar-refractivity contribution >= 4 is 0 Å². The van der Waals surface area contributed by atoms with Crippen molar-refractivity contribution in [3.63, 3.8) is 0 Å². The third-order valence-electron chi connectivity index (χ3n) is 4.22. The first-order valence-corrected chi connectivity index (χ1v) is 7.76. The zero-order chi connectivity index (χ0) is 14.4.